The number of carbonyl (C=O) groups excluding carboxylic acids is 2. The zero-order valence-electron chi connectivity index (χ0n) is 21.9. The number of aromatic nitrogens is 2. The largest absolute Gasteiger partial charge is 0.459 e. The van der Waals surface area contributed by atoms with E-state index in [0.29, 0.717) is 6.29 Å². The van der Waals surface area contributed by atoms with Crippen LogP contribution in [-0.2, 0) is 28.2 Å². The number of nitrogens with one attached hydrogen (secondary N) is 1. The third-order valence-electron chi connectivity index (χ3n) is 5.58. The molecule has 5 atom stereocenters. The zero-order valence-corrected chi connectivity index (χ0v) is 23.7. The summed E-state index contributed by atoms with van der Waals surface area (Å²) in [6, 6.07) is 8.18. The van der Waals surface area contributed by atoms with Gasteiger partial charge in [0, 0.05) is 11.7 Å². The van der Waals surface area contributed by atoms with E-state index in [9.17, 15) is 23.3 Å². The summed E-state index contributed by atoms with van der Waals surface area (Å²) in [6.07, 6.45) is -0.257. The van der Waals surface area contributed by atoms with Crippen LogP contribution in [0.25, 0.3) is 0 Å². The highest BCUT2D eigenvalue weighted by Gasteiger charge is 2.40. The molecule has 15 heteroatoms. The number of anilines is 1. The van der Waals surface area contributed by atoms with E-state index >= 15 is 0 Å². The number of ether oxygens (including phenoxy) is 2. The van der Waals surface area contributed by atoms with Gasteiger partial charge in [0.15, 0.2) is 17.4 Å². The molecular weight excluding hydrogens is 554 g/mol. The quantitative estimate of drug-likeness (QED) is 0.246. The molecule has 2 aromatic rings. The fourth-order valence-corrected chi connectivity index (χ4v) is 6.18. The summed E-state index contributed by atoms with van der Waals surface area (Å²) in [7, 11) is -4.25. The molecule has 12 nitrogen and oxygen atoms in total. The number of thioether (sulfide) groups is 1. The van der Waals surface area contributed by atoms with Gasteiger partial charge in [-0.15, -0.1) is 11.8 Å². The molecule has 214 valence electrons. The summed E-state index contributed by atoms with van der Waals surface area (Å²) in [4.78, 5) is 39.8. The van der Waals surface area contributed by atoms with Gasteiger partial charge in [-0.1, -0.05) is 32.0 Å². The second-order valence-corrected chi connectivity index (χ2v) is 12.2. The number of nitrogen functional groups attached to an aromatic ring is 1. The molecule has 1 aliphatic rings. The lowest BCUT2D eigenvalue weighted by Gasteiger charge is -2.30. The molecule has 0 aliphatic carbocycles. The lowest BCUT2D eigenvalue weighted by Crippen LogP contribution is -2.48. The minimum Gasteiger partial charge on any atom is -0.413 e. The molecule has 1 aromatic carbocycles. The van der Waals surface area contributed by atoms with Crippen molar-refractivity contribution in [2.24, 2.45) is 5.92 Å². The van der Waals surface area contributed by atoms with Crippen LogP contribution in [0.5, 0.6) is 5.75 Å². The van der Waals surface area contributed by atoms with Crippen molar-refractivity contribution in [3.8, 4) is 5.75 Å². The lowest BCUT2D eigenvalue weighted by atomic mass is 10.0. The van der Waals surface area contributed by atoms with E-state index < -0.39 is 48.4 Å². The number of aldehydes is 1. The fraction of sp³-hybridized carbons (Fsp3) is 0.500. The van der Waals surface area contributed by atoms with Crippen molar-refractivity contribution in [1.82, 2.24) is 14.6 Å². The van der Waals surface area contributed by atoms with E-state index in [1.165, 1.54) is 18.7 Å². The molecule has 0 radical (unpaired) electrons. The number of Topliss-reactive ketones (excluding diaryl/α,β-unsaturated/α-hetero) is 1. The van der Waals surface area contributed by atoms with Crippen LogP contribution >= 0.6 is 19.5 Å². The van der Waals surface area contributed by atoms with Crippen LogP contribution in [0.3, 0.4) is 0 Å². The fourth-order valence-electron chi connectivity index (χ4n) is 3.46. The Balaban J connectivity index is 1.72. The Morgan fingerprint density at radius 3 is 2.72 bits per heavy atom. The molecule has 1 aliphatic heterocycles. The average Bonchev–Trinajstić information content (AvgIpc) is 3.37. The Bertz CT molecular complexity index is 1270. The number of benzene rings is 1. The number of ketones is 1. The highest BCUT2D eigenvalue weighted by atomic mass is 32.2. The monoisotopic (exact) mass is 586 g/mol. The molecule has 1 aromatic heterocycles. The summed E-state index contributed by atoms with van der Waals surface area (Å²) in [5.74, 6) is -1.35. The lowest BCUT2D eigenvalue weighted by molar-refractivity contribution is -0.135. The van der Waals surface area contributed by atoms with E-state index in [0.717, 1.165) is 10.8 Å². The van der Waals surface area contributed by atoms with Gasteiger partial charge in [-0.05, 0) is 26.0 Å². The Kier molecular flexibility index (Phi) is 10.4. The minimum absolute atomic E-state index is 0.150. The number of hydrogen-bond donors (Lipinski definition) is 2. The van der Waals surface area contributed by atoms with Gasteiger partial charge in [0.1, 0.15) is 35.3 Å². The van der Waals surface area contributed by atoms with E-state index in [1.54, 1.807) is 51.1 Å². The Morgan fingerprint density at radius 2 is 2.08 bits per heavy atom. The van der Waals surface area contributed by atoms with Crippen molar-refractivity contribution in [1.29, 1.82) is 0 Å². The van der Waals surface area contributed by atoms with Crippen LogP contribution in [0.2, 0.25) is 0 Å². The van der Waals surface area contributed by atoms with Gasteiger partial charge >= 0.3 is 13.4 Å². The Labute approximate surface area is 229 Å². The van der Waals surface area contributed by atoms with Gasteiger partial charge in [-0.3, -0.25) is 13.9 Å². The van der Waals surface area contributed by atoms with Crippen molar-refractivity contribution in [3.05, 3.63) is 52.8 Å². The van der Waals surface area contributed by atoms with Gasteiger partial charge in [0.25, 0.3) is 0 Å². The highest BCUT2D eigenvalue weighted by Crippen LogP contribution is 2.47. The molecule has 3 rings (SSSR count). The van der Waals surface area contributed by atoms with Crippen molar-refractivity contribution in [2.45, 2.75) is 51.0 Å². The van der Waals surface area contributed by atoms with E-state index in [4.69, 9.17) is 24.3 Å². The van der Waals surface area contributed by atoms with Gasteiger partial charge in [0.2, 0.25) is 0 Å². The molecular formula is C24H32FN4O8PS. The molecule has 3 N–H and O–H groups in total. The highest BCUT2D eigenvalue weighted by molar-refractivity contribution is 8.00. The third-order valence-corrected chi connectivity index (χ3v) is 8.40. The third kappa shape index (κ3) is 8.44. The van der Waals surface area contributed by atoms with Gasteiger partial charge in [-0.25, -0.2) is 13.8 Å². The molecule has 1 fully saturated rings. The molecule has 0 saturated carbocycles. The molecule has 39 heavy (non-hydrogen) atoms. The van der Waals surface area contributed by atoms with Crippen molar-refractivity contribution in [3.63, 3.8) is 0 Å². The van der Waals surface area contributed by atoms with Crippen molar-refractivity contribution < 1.29 is 37.1 Å². The molecule has 0 spiro atoms. The maximum atomic E-state index is 13.9. The van der Waals surface area contributed by atoms with Crippen molar-refractivity contribution in [2.75, 3.05) is 24.7 Å². The molecule has 1 saturated heterocycles. The maximum Gasteiger partial charge on any atom is 0.459 e. The smallest absolute Gasteiger partial charge is 0.413 e. The van der Waals surface area contributed by atoms with Crippen LogP contribution in [0, 0.1) is 11.7 Å². The number of para-hydroxylation sites is 1. The number of halogens is 1. The maximum absolute atomic E-state index is 13.9. The first-order chi connectivity index (χ1) is 18.3. The summed E-state index contributed by atoms with van der Waals surface area (Å²) < 4.78 is 51.4. The SMILES string of the molecule is CC(C)C(=O)[C@H](C)OC[C@](C)(C=O)N[P@](=O)(OC[C@@H]1O[C@H](n2cc(F)c(N)nc2=O)CS1)Oc1ccccc1. The van der Waals surface area contributed by atoms with Crippen LogP contribution in [0.4, 0.5) is 10.2 Å². The number of carbonyl (C=O) groups is 2. The normalized spacial score (nSPS) is 21.2. The second-order valence-electron chi connectivity index (χ2n) is 9.37. The zero-order chi connectivity index (χ0) is 28.8. The van der Waals surface area contributed by atoms with E-state index in [-0.39, 0.29) is 36.4 Å². The predicted molar refractivity (Wildman–Crippen MR) is 143 cm³/mol. The number of rotatable bonds is 14. The summed E-state index contributed by atoms with van der Waals surface area (Å²) in [5, 5.41) is 2.63. The number of nitrogens with two attached hydrogens (primary N) is 1. The molecule has 0 unspecified atom stereocenters. The van der Waals surface area contributed by atoms with E-state index in [1.807, 2.05) is 0 Å². The van der Waals surface area contributed by atoms with Gasteiger partial charge in [0.05, 0.1) is 19.4 Å². The first kappa shape index (κ1) is 30.9. The average molecular weight is 587 g/mol. The van der Waals surface area contributed by atoms with Gasteiger partial charge in [-0.2, -0.15) is 10.1 Å². The van der Waals surface area contributed by atoms with E-state index in [2.05, 4.69) is 10.1 Å². The second kappa shape index (κ2) is 13.2. The number of nitrogens with zero attached hydrogens (tertiary/aromatic N) is 2. The van der Waals surface area contributed by atoms with Crippen LogP contribution < -0.4 is 21.0 Å². The Hall–Kier alpha value is -2.61. The standard InChI is InChI=1S/C24H32FN4O8PS/c1-15(2)21(31)16(3)34-14-24(4,13-30)28-38(33,37-17-8-6-5-7-9-17)35-11-20-36-19(12-39-20)29-10-18(25)22(26)27-23(29)32/h5-10,13,15-16,19-20H,11-12,14H2,1-4H3,(H,28,33)(H2,26,27,32)/t16-,19-,20+,24-,38-/m0/s1. The minimum atomic E-state index is -4.25. The summed E-state index contributed by atoms with van der Waals surface area (Å²) in [5.41, 5.74) is 2.27. The van der Waals surface area contributed by atoms with Crippen molar-refractivity contribution >= 4 is 37.4 Å². The Morgan fingerprint density at radius 1 is 1.38 bits per heavy atom. The van der Waals surface area contributed by atoms with Crippen LogP contribution in [0.1, 0.15) is 33.9 Å². The molecule has 2 heterocycles. The predicted octanol–water partition coefficient (Wildman–Crippen LogP) is 2.93. The number of hydrogen-bond acceptors (Lipinski definition) is 11. The van der Waals surface area contributed by atoms with Gasteiger partial charge < -0.3 is 24.5 Å². The van der Waals surface area contributed by atoms with Crippen LogP contribution in [-0.4, -0.2) is 57.7 Å². The summed E-state index contributed by atoms with van der Waals surface area (Å²) >= 11 is 1.23. The first-order valence-electron chi connectivity index (χ1n) is 12.1. The first-order valence-corrected chi connectivity index (χ1v) is 14.7. The summed E-state index contributed by atoms with van der Waals surface area (Å²) in [6.45, 7) is 5.90. The topological polar surface area (TPSA) is 161 Å². The molecule has 0 amide bonds. The van der Waals surface area contributed by atoms with Crippen LogP contribution in [0.15, 0.2) is 41.3 Å². The molecule has 0 bridgehead atoms.